The van der Waals surface area contributed by atoms with Gasteiger partial charge in [-0.3, -0.25) is 4.99 Å². The van der Waals surface area contributed by atoms with Crippen LogP contribution in [0.2, 0.25) is 5.02 Å². The molecule has 2 aromatic rings. The zero-order valence-corrected chi connectivity index (χ0v) is 15.1. The van der Waals surface area contributed by atoms with Crippen LogP contribution in [0.25, 0.3) is 0 Å². The lowest BCUT2D eigenvalue weighted by molar-refractivity contribution is -0.136. The molecule has 1 N–H and O–H groups in total. The number of carbonyl (C=O) groups is 1. The fourth-order valence-electron chi connectivity index (χ4n) is 2.62. The van der Waals surface area contributed by atoms with Crippen molar-refractivity contribution in [2.24, 2.45) is 4.99 Å². The monoisotopic (exact) mass is 379 g/mol. The van der Waals surface area contributed by atoms with E-state index >= 15 is 0 Å². The molecule has 1 aromatic carbocycles. The van der Waals surface area contributed by atoms with Crippen molar-refractivity contribution < 1.29 is 13.9 Å². The summed E-state index contributed by atoms with van der Waals surface area (Å²) in [5.41, 5.74) is 1.57. The predicted molar refractivity (Wildman–Crippen MR) is 95.3 cm³/mol. The molecule has 0 aliphatic carbocycles. The molecular formula is C17H15ClFN3O2S. The highest BCUT2D eigenvalue weighted by molar-refractivity contribution is 7.11. The molecule has 25 heavy (non-hydrogen) atoms. The van der Waals surface area contributed by atoms with E-state index in [2.05, 4.69) is 15.3 Å². The van der Waals surface area contributed by atoms with Gasteiger partial charge in [-0.25, -0.2) is 14.2 Å². The van der Waals surface area contributed by atoms with Crippen molar-refractivity contribution in [1.82, 2.24) is 10.3 Å². The van der Waals surface area contributed by atoms with E-state index in [0.29, 0.717) is 34.1 Å². The van der Waals surface area contributed by atoms with E-state index in [1.807, 2.05) is 12.3 Å². The van der Waals surface area contributed by atoms with Crippen LogP contribution in [-0.2, 0) is 9.53 Å². The molecule has 3 rings (SSSR count). The van der Waals surface area contributed by atoms with Crippen LogP contribution in [0, 0.1) is 5.82 Å². The van der Waals surface area contributed by atoms with Gasteiger partial charge in [-0.2, -0.15) is 0 Å². The van der Waals surface area contributed by atoms with Crippen molar-refractivity contribution >= 4 is 34.7 Å². The van der Waals surface area contributed by atoms with Crippen LogP contribution in [0.3, 0.4) is 0 Å². The second-order valence-electron chi connectivity index (χ2n) is 5.25. The van der Waals surface area contributed by atoms with Gasteiger partial charge in [0.25, 0.3) is 0 Å². The number of allylic oxidation sites excluding steroid dienone is 1. The second kappa shape index (κ2) is 7.33. The SMILES string of the molecule is CCC1=C(C(=O)OC)[C@H](c2ccc(F)cc2Cl)N=C(c2nccs2)N1. The van der Waals surface area contributed by atoms with Crippen molar-refractivity contribution in [2.75, 3.05) is 7.11 Å². The van der Waals surface area contributed by atoms with Crippen molar-refractivity contribution in [2.45, 2.75) is 19.4 Å². The number of aromatic nitrogens is 1. The number of methoxy groups -OCH3 is 1. The minimum absolute atomic E-state index is 0.200. The number of nitrogens with one attached hydrogen (secondary N) is 1. The van der Waals surface area contributed by atoms with Crippen LogP contribution in [0.1, 0.15) is 30.0 Å². The Kier molecular flexibility index (Phi) is 5.15. The number of thiazole rings is 1. The smallest absolute Gasteiger partial charge is 0.338 e. The lowest BCUT2D eigenvalue weighted by Gasteiger charge is -2.26. The zero-order chi connectivity index (χ0) is 18.0. The third-order valence-corrected chi connectivity index (χ3v) is 4.88. The topological polar surface area (TPSA) is 63.6 Å². The summed E-state index contributed by atoms with van der Waals surface area (Å²) in [6, 6.07) is 3.34. The number of aliphatic imine (C=N–C) groups is 1. The van der Waals surface area contributed by atoms with E-state index in [1.165, 1.54) is 36.6 Å². The molecule has 0 fully saturated rings. The lowest BCUT2D eigenvalue weighted by Crippen LogP contribution is -2.33. The van der Waals surface area contributed by atoms with Gasteiger partial charge < -0.3 is 10.1 Å². The van der Waals surface area contributed by atoms with E-state index in [9.17, 15) is 9.18 Å². The van der Waals surface area contributed by atoms with E-state index in [4.69, 9.17) is 16.3 Å². The van der Waals surface area contributed by atoms with Gasteiger partial charge in [0.15, 0.2) is 10.8 Å². The van der Waals surface area contributed by atoms with Crippen molar-refractivity contribution in [3.63, 3.8) is 0 Å². The first-order valence-electron chi connectivity index (χ1n) is 7.56. The Morgan fingerprint density at radius 3 is 2.88 bits per heavy atom. The highest BCUT2D eigenvalue weighted by Crippen LogP contribution is 2.37. The molecule has 1 aliphatic heterocycles. The summed E-state index contributed by atoms with van der Waals surface area (Å²) in [6.45, 7) is 1.92. The van der Waals surface area contributed by atoms with Crippen molar-refractivity contribution in [3.8, 4) is 0 Å². The number of hydrogen-bond donors (Lipinski definition) is 1. The van der Waals surface area contributed by atoms with Gasteiger partial charge in [0, 0.05) is 27.9 Å². The quantitative estimate of drug-likeness (QED) is 0.819. The van der Waals surface area contributed by atoms with E-state index in [1.54, 1.807) is 6.20 Å². The Balaban J connectivity index is 2.17. The van der Waals surface area contributed by atoms with E-state index in [-0.39, 0.29) is 5.02 Å². The Labute approximate surface area is 153 Å². The molecule has 5 nitrogen and oxygen atoms in total. The number of rotatable bonds is 4. The van der Waals surface area contributed by atoms with Gasteiger partial charge in [-0.15, -0.1) is 11.3 Å². The molecule has 0 spiro atoms. The molecular weight excluding hydrogens is 365 g/mol. The van der Waals surface area contributed by atoms with Gasteiger partial charge >= 0.3 is 5.97 Å². The van der Waals surface area contributed by atoms with Crippen LogP contribution in [0.4, 0.5) is 4.39 Å². The minimum Gasteiger partial charge on any atom is -0.466 e. The largest absolute Gasteiger partial charge is 0.466 e. The van der Waals surface area contributed by atoms with E-state index < -0.39 is 17.8 Å². The van der Waals surface area contributed by atoms with Crippen LogP contribution in [0.5, 0.6) is 0 Å². The first-order valence-corrected chi connectivity index (χ1v) is 8.81. The minimum atomic E-state index is -0.698. The predicted octanol–water partition coefficient (Wildman–Crippen LogP) is 3.86. The third kappa shape index (κ3) is 3.43. The summed E-state index contributed by atoms with van der Waals surface area (Å²) < 4.78 is 18.4. The summed E-state index contributed by atoms with van der Waals surface area (Å²) in [7, 11) is 1.31. The molecule has 2 heterocycles. The highest BCUT2D eigenvalue weighted by Gasteiger charge is 2.33. The molecule has 0 unspecified atom stereocenters. The summed E-state index contributed by atoms with van der Waals surface area (Å²) in [5, 5.41) is 5.89. The fraction of sp³-hybridized carbons (Fsp3) is 0.235. The number of esters is 1. The molecule has 1 aliphatic rings. The number of nitrogens with zero attached hydrogens (tertiary/aromatic N) is 2. The number of amidine groups is 1. The number of hydrogen-bond acceptors (Lipinski definition) is 6. The van der Waals surface area contributed by atoms with Crippen LogP contribution >= 0.6 is 22.9 Å². The standard InChI is InChI=1S/C17H15ClFN3O2S/c1-3-12-13(17(23)24-2)14(10-5-4-9(19)8-11(10)18)22-15(21-12)16-20-6-7-25-16/h4-8,14H,3H2,1-2H3,(H,21,22)/t14-/m0/s1. The summed E-state index contributed by atoms with van der Waals surface area (Å²) in [4.78, 5) is 21.3. The van der Waals surface area contributed by atoms with Gasteiger partial charge in [0.05, 0.1) is 12.7 Å². The van der Waals surface area contributed by atoms with Gasteiger partial charge in [-0.1, -0.05) is 24.6 Å². The summed E-state index contributed by atoms with van der Waals surface area (Å²) >= 11 is 7.65. The lowest BCUT2D eigenvalue weighted by atomic mass is 9.94. The van der Waals surface area contributed by atoms with E-state index in [0.717, 1.165) is 0 Å². The number of benzene rings is 1. The first kappa shape index (κ1) is 17.6. The molecule has 0 saturated carbocycles. The molecule has 1 atom stereocenters. The van der Waals surface area contributed by atoms with Gasteiger partial charge in [-0.05, 0) is 18.6 Å². The second-order valence-corrected chi connectivity index (χ2v) is 6.55. The van der Waals surface area contributed by atoms with Crippen molar-refractivity contribution in [3.05, 3.63) is 62.5 Å². The van der Waals surface area contributed by atoms with Gasteiger partial charge in [0.2, 0.25) is 0 Å². The number of halogens is 2. The first-order chi connectivity index (χ1) is 12.0. The fourth-order valence-corrected chi connectivity index (χ4v) is 3.48. The molecule has 0 bridgehead atoms. The molecule has 0 saturated heterocycles. The Morgan fingerprint density at radius 1 is 1.48 bits per heavy atom. The molecule has 1 aromatic heterocycles. The normalized spacial score (nSPS) is 17.1. The summed E-state index contributed by atoms with van der Waals surface area (Å²) in [6.07, 6.45) is 2.24. The zero-order valence-electron chi connectivity index (χ0n) is 13.5. The van der Waals surface area contributed by atoms with Crippen LogP contribution in [0.15, 0.2) is 46.0 Å². The van der Waals surface area contributed by atoms with Gasteiger partial charge in [0.1, 0.15) is 11.9 Å². The maximum absolute atomic E-state index is 13.4. The Bertz CT molecular complexity index is 865. The third-order valence-electron chi connectivity index (χ3n) is 3.78. The number of ether oxygens (including phenoxy) is 1. The summed E-state index contributed by atoms with van der Waals surface area (Å²) in [5.74, 6) is -0.410. The van der Waals surface area contributed by atoms with Crippen LogP contribution in [-0.4, -0.2) is 23.9 Å². The maximum atomic E-state index is 13.4. The Morgan fingerprint density at radius 2 is 2.28 bits per heavy atom. The average molecular weight is 380 g/mol. The molecule has 0 amide bonds. The Hall–Kier alpha value is -2.25. The average Bonchev–Trinajstić information content (AvgIpc) is 3.14. The van der Waals surface area contributed by atoms with Crippen molar-refractivity contribution in [1.29, 1.82) is 0 Å². The molecule has 0 radical (unpaired) electrons. The number of carbonyl (C=O) groups excluding carboxylic acids is 1. The molecule has 8 heteroatoms. The highest BCUT2D eigenvalue weighted by atomic mass is 35.5. The maximum Gasteiger partial charge on any atom is 0.338 e. The van der Waals surface area contributed by atoms with Crippen LogP contribution < -0.4 is 5.32 Å². The molecule has 130 valence electrons.